The third-order valence-electron chi connectivity index (χ3n) is 5.32. The van der Waals surface area contributed by atoms with Crippen molar-refractivity contribution in [3.8, 4) is 0 Å². The number of anilines is 1. The van der Waals surface area contributed by atoms with E-state index < -0.39 is 0 Å². The molecule has 0 spiro atoms. The lowest BCUT2D eigenvalue weighted by atomic mass is 10.1. The van der Waals surface area contributed by atoms with E-state index >= 15 is 0 Å². The molecule has 1 N–H and O–H groups in total. The summed E-state index contributed by atoms with van der Waals surface area (Å²) in [6.45, 7) is 7.29. The molecule has 1 atom stereocenters. The predicted molar refractivity (Wildman–Crippen MR) is 120 cm³/mol. The monoisotopic (exact) mass is 440 g/mol. The van der Waals surface area contributed by atoms with E-state index in [4.69, 9.17) is 4.52 Å². The van der Waals surface area contributed by atoms with E-state index in [9.17, 15) is 4.79 Å². The summed E-state index contributed by atoms with van der Waals surface area (Å²) in [6, 6.07) is 12.0. The number of carbonyl (C=O) groups excluding carboxylic acids is 1. The average molecular weight is 441 g/mol. The van der Waals surface area contributed by atoms with Crippen molar-refractivity contribution in [1.29, 1.82) is 0 Å². The Morgan fingerprint density at radius 2 is 1.94 bits per heavy atom. The van der Waals surface area contributed by atoms with Crippen LogP contribution in [0, 0.1) is 6.92 Å². The van der Waals surface area contributed by atoms with E-state index in [2.05, 4.69) is 42.3 Å². The molecule has 1 fully saturated rings. The van der Waals surface area contributed by atoms with Crippen LogP contribution in [0.15, 0.2) is 46.1 Å². The molecular formula is C22H28N6O2S. The average Bonchev–Trinajstić information content (AvgIpc) is 3.35. The summed E-state index contributed by atoms with van der Waals surface area (Å²) < 4.78 is 7.16. The van der Waals surface area contributed by atoms with E-state index in [0.717, 1.165) is 30.6 Å². The smallest absolute Gasteiger partial charge is 0.238 e. The Hall–Kier alpha value is -2.65. The van der Waals surface area contributed by atoms with Crippen LogP contribution < -0.4 is 5.32 Å². The Labute approximate surface area is 186 Å². The number of benzene rings is 1. The highest BCUT2D eigenvalue weighted by Crippen LogP contribution is 2.25. The summed E-state index contributed by atoms with van der Waals surface area (Å²) in [7, 11) is 0. The highest BCUT2D eigenvalue weighted by molar-refractivity contribution is 8.00. The Morgan fingerprint density at radius 1 is 1.16 bits per heavy atom. The second-order valence-corrected chi connectivity index (χ2v) is 9.19. The number of amides is 1. The number of rotatable bonds is 8. The van der Waals surface area contributed by atoms with Gasteiger partial charge in [-0.15, -0.1) is 10.2 Å². The molecule has 164 valence electrons. The van der Waals surface area contributed by atoms with Crippen molar-refractivity contribution >= 4 is 23.5 Å². The molecule has 0 aliphatic carbocycles. The summed E-state index contributed by atoms with van der Waals surface area (Å²) in [5, 5.41) is 16.0. The number of piperidine rings is 1. The van der Waals surface area contributed by atoms with Crippen molar-refractivity contribution in [2.24, 2.45) is 0 Å². The fourth-order valence-corrected chi connectivity index (χ4v) is 4.50. The van der Waals surface area contributed by atoms with Crippen molar-refractivity contribution in [3.05, 3.63) is 53.5 Å². The van der Waals surface area contributed by atoms with Gasteiger partial charge in [-0.3, -0.25) is 9.69 Å². The van der Waals surface area contributed by atoms with E-state index in [1.54, 1.807) is 13.0 Å². The molecule has 3 heterocycles. The number of aryl methyl sites for hydroxylation is 1. The molecule has 8 nitrogen and oxygen atoms in total. The van der Waals surface area contributed by atoms with Crippen LogP contribution in [-0.4, -0.2) is 49.1 Å². The molecule has 0 radical (unpaired) electrons. The molecule has 0 bridgehead atoms. The largest absolute Gasteiger partial charge is 0.360 e. The van der Waals surface area contributed by atoms with Gasteiger partial charge in [0.05, 0.1) is 18.3 Å². The van der Waals surface area contributed by atoms with Gasteiger partial charge in [-0.25, -0.2) is 0 Å². The summed E-state index contributed by atoms with van der Waals surface area (Å²) in [6.07, 6.45) is 3.76. The zero-order valence-electron chi connectivity index (χ0n) is 18.0. The van der Waals surface area contributed by atoms with Crippen LogP contribution in [0.1, 0.15) is 43.3 Å². The fourth-order valence-electron chi connectivity index (χ4n) is 3.63. The molecule has 3 aromatic rings. The van der Waals surface area contributed by atoms with Gasteiger partial charge in [0.25, 0.3) is 0 Å². The normalized spacial score (nSPS) is 15.7. The van der Waals surface area contributed by atoms with Crippen LogP contribution in [0.3, 0.4) is 0 Å². The van der Waals surface area contributed by atoms with Gasteiger partial charge in [0, 0.05) is 6.07 Å². The molecule has 1 aromatic carbocycles. The van der Waals surface area contributed by atoms with Gasteiger partial charge >= 0.3 is 0 Å². The highest BCUT2D eigenvalue weighted by Gasteiger charge is 2.22. The Bertz CT molecular complexity index is 997. The Morgan fingerprint density at radius 3 is 2.65 bits per heavy atom. The number of hydrogen-bond donors (Lipinski definition) is 1. The number of nitrogens with one attached hydrogen (secondary N) is 1. The fraction of sp³-hybridized carbons (Fsp3) is 0.455. The molecule has 1 aliphatic heterocycles. The molecule has 1 saturated heterocycles. The van der Waals surface area contributed by atoms with Crippen LogP contribution in [0.4, 0.5) is 5.82 Å². The van der Waals surface area contributed by atoms with Gasteiger partial charge in [-0.1, -0.05) is 53.7 Å². The van der Waals surface area contributed by atoms with E-state index in [0.29, 0.717) is 18.1 Å². The van der Waals surface area contributed by atoms with Gasteiger partial charge in [-0.05, 0) is 45.3 Å². The Balaban J connectivity index is 1.50. The molecule has 4 rings (SSSR count). The van der Waals surface area contributed by atoms with Crippen molar-refractivity contribution in [1.82, 2.24) is 24.8 Å². The van der Waals surface area contributed by atoms with Gasteiger partial charge < -0.3 is 14.4 Å². The Kier molecular flexibility index (Phi) is 7.03. The molecule has 2 aromatic heterocycles. The molecule has 9 heteroatoms. The molecule has 0 unspecified atom stereocenters. The second-order valence-electron chi connectivity index (χ2n) is 7.88. The highest BCUT2D eigenvalue weighted by atomic mass is 32.2. The number of nitrogens with zero attached hydrogens (tertiary/aromatic N) is 5. The molecule has 1 amide bonds. The first-order chi connectivity index (χ1) is 15.1. The number of likely N-dealkylation sites (tertiary alicyclic amines) is 1. The minimum absolute atomic E-state index is 0.148. The lowest BCUT2D eigenvalue weighted by Gasteiger charge is -2.26. The predicted octanol–water partition coefficient (Wildman–Crippen LogP) is 3.73. The number of aromatic nitrogens is 4. The van der Waals surface area contributed by atoms with E-state index in [1.165, 1.54) is 36.6 Å². The molecule has 1 aliphatic rings. The quantitative estimate of drug-likeness (QED) is 0.534. The van der Waals surface area contributed by atoms with Crippen molar-refractivity contribution in [2.45, 2.75) is 56.6 Å². The second kappa shape index (κ2) is 10.1. The van der Waals surface area contributed by atoms with E-state index in [1.807, 2.05) is 25.1 Å². The van der Waals surface area contributed by atoms with E-state index in [-0.39, 0.29) is 11.2 Å². The van der Waals surface area contributed by atoms with Gasteiger partial charge in [-0.2, -0.15) is 0 Å². The number of carbonyl (C=O) groups is 1. The van der Waals surface area contributed by atoms with Crippen molar-refractivity contribution < 1.29 is 9.32 Å². The van der Waals surface area contributed by atoms with Crippen LogP contribution >= 0.6 is 11.8 Å². The maximum atomic E-state index is 12.6. The van der Waals surface area contributed by atoms with Crippen LogP contribution in [-0.2, 0) is 17.9 Å². The van der Waals surface area contributed by atoms with Crippen molar-refractivity contribution in [2.75, 3.05) is 18.4 Å². The molecular weight excluding hydrogens is 412 g/mol. The third kappa shape index (κ3) is 5.74. The third-order valence-corrected chi connectivity index (χ3v) is 6.40. The minimum Gasteiger partial charge on any atom is -0.360 e. The van der Waals surface area contributed by atoms with Crippen LogP contribution in [0.2, 0.25) is 0 Å². The SMILES string of the molecule is Cc1cc(NC(=O)[C@@H](C)Sc2nnc(CN3CCCCC3)n2Cc2ccccc2)no1. The van der Waals surface area contributed by atoms with Gasteiger partial charge in [0.15, 0.2) is 11.0 Å². The summed E-state index contributed by atoms with van der Waals surface area (Å²) in [5.74, 6) is 1.87. The first-order valence-electron chi connectivity index (χ1n) is 10.7. The lowest BCUT2D eigenvalue weighted by Crippen LogP contribution is -2.30. The van der Waals surface area contributed by atoms with Crippen molar-refractivity contribution in [3.63, 3.8) is 0 Å². The summed E-state index contributed by atoms with van der Waals surface area (Å²) in [5.41, 5.74) is 1.18. The summed E-state index contributed by atoms with van der Waals surface area (Å²) in [4.78, 5) is 15.1. The van der Waals surface area contributed by atoms with Gasteiger partial charge in [0.2, 0.25) is 5.91 Å². The molecule has 31 heavy (non-hydrogen) atoms. The number of hydrogen-bond acceptors (Lipinski definition) is 7. The summed E-state index contributed by atoms with van der Waals surface area (Å²) >= 11 is 1.41. The standard InChI is InChI=1S/C22H28N6O2S/c1-16-13-19(26-30-16)23-21(29)17(2)31-22-25-24-20(15-27-11-7-4-8-12-27)28(22)14-18-9-5-3-6-10-18/h3,5-6,9-10,13,17H,4,7-8,11-12,14-15H2,1-2H3,(H,23,26,29)/t17-/m1/s1. The van der Waals surface area contributed by atoms with Crippen LogP contribution in [0.25, 0.3) is 0 Å². The van der Waals surface area contributed by atoms with Crippen LogP contribution in [0.5, 0.6) is 0 Å². The van der Waals surface area contributed by atoms with Gasteiger partial charge in [0.1, 0.15) is 11.6 Å². The maximum Gasteiger partial charge on any atom is 0.238 e. The zero-order chi connectivity index (χ0) is 21.6. The first kappa shape index (κ1) is 21.6. The molecule has 0 saturated carbocycles. The minimum atomic E-state index is -0.362. The number of thioether (sulfide) groups is 1. The topological polar surface area (TPSA) is 89.1 Å². The first-order valence-corrected chi connectivity index (χ1v) is 11.6. The lowest BCUT2D eigenvalue weighted by molar-refractivity contribution is -0.115. The maximum absolute atomic E-state index is 12.6. The zero-order valence-corrected chi connectivity index (χ0v) is 18.8.